The number of amides is 1. The average molecular weight is 222 g/mol. The molecule has 0 aliphatic carbocycles. The molecule has 0 saturated carbocycles. The fourth-order valence-electron chi connectivity index (χ4n) is 1.38. The largest absolute Gasteiger partial charge is 0.506 e. The second kappa shape index (κ2) is 6.12. The van der Waals surface area contributed by atoms with E-state index in [2.05, 4.69) is 5.32 Å². The van der Waals surface area contributed by atoms with Gasteiger partial charge < -0.3 is 16.2 Å². The molecule has 0 aliphatic heterocycles. The van der Waals surface area contributed by atoms with E-state index in [-0.39, 0.29) is 11.7 Å². The molecule has 0 saturated heterocycles. The van der Waals surface area contributed by atoms with Gasteiger partial charge in [0.05, 0.1) is 5.69 Å². The summed E-state index contributed by atoms with van der Waals surface area (Å²) in [5.41, 5.74) is 6.87. The van der Waals surface area contributed by atoms with Gasteiger partial charge in [0.25, 0.3) is 0 Å². The summed E-state index contributed by atoms with van der Waals surface area (Å²) in [7, 11) is 0. The number of hydrogen-bond donors (Lipinski definition) is 3. The van der Waals surface area contributed by atoms with Crippen molar-refractivity contribution in [3.05, 3.63) is 23.8 Å². The van der Waals surface area contributed by atoms with E-state index in [1.807, 2.05) is 13.0 Å². The average Bonchev–Trinajstić information content (AvgIpc) is 2.29. The summed E-state index contributed by atoms with van der Waals surface area (Å²) in [6.45, 7) is 2.51. The lowest BCUT2D eigenvalue weighted by molar-refractivity contribution is -0.116. The van der Waals surface area contributed by atoms with Gasteiger partial charge in [-0.1, -0.05) is 13.0 Å². The van der Waals surface area contributed by atoms with E-state index in [0.717, 1.165) is 12.0 Å². The number of benzene rings is 1. The van der Waals surface area contributed by atoms with E-state index in [9.17, 15) is 9.90 Å². The van der Waals surface area contributed by atoms with Gasteiger partial charge in [0, 0.05) is 6.42 Å². The van der Waals surface area contributed by atoms with E-state index in [1.165, 1.54) is 0 Å². The lowest BCUT2D eigenvalue weighted by atomic mass is 10.1. The van der Waals surface area contributed by atoms with Crippen molar-refractivity contribution in [3.63, 3.8) is 0 Å². The highest BCUT2D eigenvalue weighted by Gasteiger charge is 2.06. The lowest BCUT2D eigenvalue weighted by Crippen LogP contribution is -2.13. The fourth-order valence-corrected chi connectivity index (χ4v) is 1.38. The van der Waals surface area contributed by atoms with Gasteiger partial charge in [-0.05, 0) is 37.1 Å². The van der Waals surface area contributed by atoms with Crippen LogP contribution in [0.15, 0.2) is 18.2 Å². The summed E-state index contributed by atoms with van der Waals surface area (Å²) in [5, 5.41) is 12.2. The molecule has 1 aromatic rings. The van der Waals surface area contributed by atoms with E-state index >= 15 is 0 Å². The number of carbonyl (C=O) groups excluding carboxylic acids is 1. The molecule has 0 aromatic heterocycles. The van der Waals surface area contributed by atoms with Gasteiger partial charge in [0.2, 0.25) is 5.91 Å². The van der Waals surface area contributed by atoms with Crippen molar-refractivity contribution in [2.45, 2.75) is 26.2 Å². The number of nitrogens with one attached hydrogen (secondary N) is 1. The van der Waals surface area contributed by atoms with Crippen molar-refractivity contribution in [2.24, 2.45) is 5.73 Å². The van der Waals surface area contributed by atoms with E-state index < -0.39 is 0 Å². The van der Waals surface area contributed by atoms with Gasteiger partial charge in [-0.3, -0.25) is 4.79 Å². The molecule has 0 radical (unpaired) electrons. The molecule has 1 amide bonds. The van der Waals surface area contributed by atoms with Crippen LogP contribution in [0, 0.1) is 0 Å². The van der Waals surface area contributed by atoms with Gasteiger partial charge >= 0.3 is 0 Å². The molecule has 0 atom stereocenters. The third-order valence-corrected chi connectivity index (χ3v) is 2.35. The first-order valence-electron chi connectivity index (χ1n) is 5.49. The SMILES string of the molecule is CCc1ccc(O)c(NC(=O)CCCN)c1. The first-order valence-corrected chi connectivity index (χ1v) is 5.49. The maximum atomic E-state index is 11.4. The molecule has 1 aromatic carbocycles. The Balaban J connectivity index is 2.68. The molecular weight excluding hydrogens is 204 g/mol. The zero-order valence-electron chi connectivity index (χ0n) is 9.49. The minimum absolute atomic E-state index is 0.0956. The smallest absolute Gasteiger partial charge is 0.224 e. The van der Waals surface area contributed by atoms with E-state index in [1.54, 1.807) is 12.1 Å². The summed E-state index contributed by atoms with van der Waals surface area (Å²) in [6.07, 6.45) is 1.90. The van der Waals surface area contributed by atoms with Crippen molar-refractivity contribution >= 4 is 11.6 Å². The van der Waals surface area contributed by atoms with Gasteiger partial charge in [-0.2, -0.15) is 0 Å². The Kier molecular flexibility index (Phi) is 4.79. The second-order valence-corrected chi connectivity index (χ2v) is 3.65. The molecule has 0 bridgehead atoms. The third-order valence-electron chi connectivity index (χ3n) is 2.35. The fraction of sp³-hybridized carbons (Fsp3) is 0.417. The minimum atomic E-state index is -0.117. The zero-order chi connectivity index (χ0) is 12.0. The van der Waals surface area contributed by atoms with Crippen molar-refractivity contribution < 1.29 is 9.90 Å². The summed E-state index contributed by atoms with van der Waals surface area (Å²) < 4.78 is 0. The number of hydrogen-bond acceptors (Lipinski definition) is 3. The molecule has 4 N–H and O–H groups in total. The highest BCUT2D eigenvalue weighted by Crippen LogP contribution is 2.24. The standard InChI is InChI=1S/C12H18N2O2/c1-2-9-5-6-11(15)10(8-9)14-12(16)4-3-7-13/h5-6,8,15H,2-4,7,13H2,1H3,(H,14,16). The first-order chi connectivity index (χ1) is 7.67. The monoisotopic (exact) mass is 222 g/mol. The molecule has 0 unspecified atom stereocenters. The van der Waals surface area contributed by atoms with Crippen LogP contribution in [0.4, 0.5) is 5.69 Å². The first kappa shape index (κ1) is 12.5. The zero-order valence-corrected chi connectivity index (χ0v) is 9.49. The quantitative estimate of drug-likeness (QED) is 0.663. The molecule has 88 valence electrons. The summed E-state index contributed by atoms with van der Waals surface area (Å²) in [6, 6.07) is 5.22. The topological polar surface area (TPSA) is 75.3 Å². The van der Waals surface area contributed by atoms with Gasteiger partial charge in [0.1, 0.15) is 5.75 Å². The van der Waals surface area contributed by atoms with Gasteiger partial charge in [-0.25, -0.2) is 0 Å². The lowest BCUT2D eigenvalue weighted by Gasteiger charge is -2.08. The van der Waals surface area contributed by atoms with Crippen LogP contribution in [0.3, 0.4) is 0 Å². The van der Waals surface area contributed by atoms with Crippen LogP contribution in [0.2, 0.25) is 0 Å². The number of aromatic hydroxyl groups is 1. The Morgan fingerprint density at radius 2 is 2.25 bits per heavy atom. The molecule has 16 heavy (non-hydrogen) atoms. The van der Waals surface area contributed by atoms with Crippen LogP contribution in [-0.2, 0) is 11.2 Å². The highest BCUT2D eigenvalue weighted by atomic mass is 16.3. The molecule has 0 fully saturated rings. The predicted molar refractivity (Wildman–Crippen MR) is 64.4 cm³/mol. The van der Waals surface area contributed by atoms with Crippen LogP contribution < -0.4 is 11.1 Å². The Morgan fingerprint density at radius 1 is 1.50 bits per heavy atom. The molecule has 0 spiro atoms. The van der Waals surface area contributed by atoms with Gasteiger partial charge in [-0.15, -0.1) is 0 Å². The highest BCUT2D eigenvalue weighted by molar-refractivity contribution is 5.92. The van der Waals surface area contributed by atoms with Gasteiger partial charge in [0.15, 0.2) is 0 Å². The van der Waals surface area contributed by atoms with Crippen LogP contribution in [-0.4, -0.2) is 17.6 Å². The normalized spacial score (nSPS) is 10.1. The number of rotatable bonds is 5. The molecule has 1 rings (SSSR count). The third kappa shape index (κ3) is 3.55. The number of aryl methyl sites for hydroxylation is 1. The van der Waals surface area contributed by atoms with Crippen molar-refractivity contribution in [2.75, 3.05) is 11.9 Å². The van der Waals surface area contributed by atoms with Crippen molar-refractivity contribution in [3.8, 4) is 5.75 Å². The van der Waals surface area contributed by atoms with Crippen molar-refractivity contribution in [1.29, 1.82) is 0 Å². The number of phenolic OH excluding ortho intramolecular Hbond substituents is 1. The predicted octanol–water partition coefficient (Wildman–Crippen LogP) is 1.63. The number of carbonyl (C=O) groups is 1. The molecule has 0 aliphatic rings. The molecule has 4 nitrogen and oxygen atoms in total. The summed E-state index contributed by atoms with van der Waals surface area (Å²) >= 11 is 0. The number of phenols is 1. The van der Waals surface area contributed by atoms with Crippen LogP contribution in [0.5, 0.6) is 5.75 Å². The second-order valence-electron chi connectivity index (χ2n) is 3.65. The Morgan fingerprint density at radius 3 is 2.88 bits per heavy atom. The number of anilines is 1. The molecule has 4 heteroatoms. The maximum Gasteiger partial charge on any atom is 0.224 e. The Labute approximate surface area is 95.5 Å². The van der Waals surface area contributed by atoms with Crippen LogP contribution >= 0.6 is 0 Å². The van der Waals surface area contributed by atoms with Crippen LogP contribution in [0.1, 0.15) is 25.3 Å². The van der Waals surface area contributed by atoms with Crippen molar-refractivity contribution in [1.82, 2.24) is 0 Å². The molecule has 0 heterocycles. The van der Waals surface area contributed by atoms with E-state index in [4.69, 9.17) is 5.73 Å². The minimum Gasteiger partial charge on any atom is -0.506 e. The number of nitrogens with two attached hydrogens (primary N) is 1. The Bertz CT molecular complexity index is 364. The maximum absolute atomic E-state index is 11.4. The summed E-state index contributed by atoms with van der Waals surface area (Å²) in [4.78, 5) is 11.4. The summed E-state index contributed by atoms with van der Waals surface area (Å²) in [5.74, 6) is -0.0210. The molecular formula is C12H18N2O2. The van der Waals surface area contributed by atoms with E-state index in [0.29, 0.717) is 25.1 Å². The van der Waals surface area contributed by atoms with Crippen LogP contribution in [0.25, 0.3) is 0 Å². The Hall–Kier alpha value is -1.55.